The fourth-order valence-corrected chi connectivity index (χ4v) is 3.10. The number of nitro groups is 3. The van der Waals surface area contributed by atoms with Crippen molar-refractivity contribution in [2.24, 2.45) is 0 Å². The maximum absolute atomic E-state index is 11.6. The first kappa shape index (κ1) is 19.5. The van der Waals surface area contributed by atoms with Gasteiger partial charge in [-0.25, -0.2) is 0 Å². The molecule has 0 atom stereocenters. The molecule has 0 amide bonds. The van der Waals surface area contributed by atoms with E-state index in [1.807, 2.05) is 0 Å². The normalized spacial score (nSPS) is 11.4. The van der Waals surface area contributed by atoms with Crippen molar-refractivity contribution < 1.29 is 14.8 Å². The van der Waals surface area contributed by atoms with Crippen molar-refractivity contribution in [3.05, 3.63) is 47.0 Å². The summed E-state index contributed by atoms with van der Waals surface area (Å²) in [5, 5.41) is 34.6. The van der Waals surface area contributed by atoms with Gasteiger partial charge in [-0.05, 0) is 23.3 Å². The predicted molar refractivity (Wildman–Crippen MR) is 88.7 cm³/mol. The SMILES string of the molecule is CC(C)c1c(C(C)C)c([N+](=O)[O-])c([N+](=O)[O-])c([N+](=O)[O-])c1C(C)C. The van der Waals surface area contributed by atoms with Gasteiger partial charge in [0.25, 0.3) is 0 Å². The molecule has 9 nitrogen and oxygen atoms in total. The van der Waals surface area contributed by atoms with Crippen molar-refractivity contribution in [3.63, 3.8) is 0 Å². The predicted octanol–water partition coefficient (Wildman–Crippen LogP) is 4.78. The second-order valence-electron chi connectivity index (χ2n) is 6.52. The monoisotopic (exact) mass is 339 g/mol. The van der Waals surface area contributed by atoms with Crippen LogP contribution in [0.2, 0.25) is 0 Å². The third-order valence-electron chi connectivity index (χ3n) is 3.82. The summed E-state index contributed by atoms with van der Waals surface area (Å²) in [4.78, 5) is 31.8. The minimum atomic E-state index is -1.03. The number of benzene rings is 1. The first-order valence-electron chi connectivity index (χ1n) is 7.60. The lowest BCUT2D eigenvalue weighted by atomic mass is 9.80. The molecule has 0 bridgehead atoms. The molecular weight excluding hydrogens is 318 g/mol. The van der Waals surface area contributed by atoms with Crippen LogP contribution in [0, 0.1) is 30.3 Å². The Morgan fingerprint density at radius 3 is 0.958 bits per heavy atom. The summed E-state index contributed by atoms with van der Waals surface area (Å²) in [6, 6.07) is 0. The molecule has 1 rings (SSSR count). The van der Waals surface area contributed by atoms with Gasteiger partial charge in [0.15, 0.2) is 0 Å². The lowest BCUT2D eigenvalue weighted by Crippen LogP contribution is -2.14. The average Bonchev–Trinajstić information content (AvgIpc) is 2.42. The second-order valence-corrected chi connectivity index (χ2v) is 6.52. The molecule has 0 radical (unpaired) electrons. The average molecular weight is 339 g/mol. The standard InChI is InChI=1S/C15H21N3O6/c1-7(2)10-11(8(3)4)13(16(19)20)15(18(23)24)14(17(21)22)12(10)9(5)6/h7-9H,1-6H3. The highest BCUT2D eigenvalue weighted by molar-refractivity contribution is 5.76. The maximum Gasteiger partial charge on any atom is 0.422 e. The van der Waals surface area contributed by atoms with E-state index in [2.05, 4.69) is 0 Å². The molecular formula is C15H21N3O6. The van der Waals surface area contributed by atoms with E-state index < -0.39 is 31.8 Å². The van der Waals surface area contributed by atoms with Crippen LogP contribution in [0.15, 0.2) is 0 Å². The van der Waals surface area contributed by atoms with Crippen LogP contribution in [-0.2, 0) is 0 Å². The molecule has 0 aromatic heterocycles. The van der Waals surface area contributed by atoms with E-state index in [4.69, 9.17) is 0 Å². The van der Waals surface area contributed by atoms with E-state index in [0.717, 1.165) is 0 Å². The Morgan fingerprint density at radius 2 is 0.792 bits per heavy atom. The van der Waals surface area contributed by atoms with Crippen LogP contribution in [0.3, 0.4) is 0 Å². The Morgan fingerprint density at radius 1 is 0.542 bits per heavy atom. The smallest absolute Gasteiger partial charge is 0.258 e. The Balaban J connectivity index is 4.37. The molecule has 0 spiro atoms. The number of nitrogens with zero attached hydrogens (tertiary/aromatic N) is 3. The molecule has 0 unspecified atom stereocenters. The largest absolute Gasteiger partial charge is 0.422 e. The minimum Gasteiger partial charge on any atom is -0.258 e. The summed E-state index contributed by atoms with van der Waals surface area (Å²) >= 11 is 0. The summed E-state index contributed by atoms with van der Waals surface area (Å²) in [7, 11) is 0. The van der Waals surface area contributed by atoms with Gasteiger partial charge < -0.3 is 0 Å². The molecule has 9 heteroatoms. The van der Waals surface area contributed by atoms with Crippen molar-refractivity contribution in [1.29, 1.82) is 0 Å². The minimum absolute atomic E-state index is 0.205. The lowest BCUT2D eigenvalue weighted by molar-refractivity contribution is -0.441. The van der Waals surface area contributed by atoms with Gasteiger partial charge in [0.2, 0.25) is 0 Å². The van der Waals surface area contributed by atoms with Gasteiger partial charge in [0, 0.05) is 11.1 Å². The summed E-state index contributed by atoms with van der Waals surface area (Å²) in [6.07, 6.45) is 0. The quantitative estimate of drug-likeness (QED) is 0.541. The van der Waals surface area contributed by atoms with Gasteiger partial charge >= 0.3 is 17.1 Å². The Hall–Kier alpha value is -2.58. The Kier molecular flexibility index (Phi) is 5.59. The number of nitro benzene ring substituents is 3. The molecule has 0 saturated heterocycles. The molecule has 0 N–H and O–H groups in total. The van der Waals surface area contributed by atoms with Crippen LogP contribution in [-0.4, -0.2) is 14.8 Å². The third kappa shape index (κ3) is 3.19. The van der Waals surface area contributed by atoms with Gasteiger partial charge in [-0.1, -0.05) is 41.5 Å². The fraction of sp³-hybridized carbons (Fsp3) is 0.600. The zero-order valence-corrected chi connectivity index (χ0v) is 14.5. The molecule has 1 aromatic rings. The van der Waals surface area contributed by atoms with Gasteiger partial charge in [-0.15, -0.1) is 0 Å². The Labute approximate surface area is 139 Å². The molecule has 0 aliphatic carbocycles. The highest BCUT2D eigenvalue weighted by atomic mass is 16.6. The van der Waals surface area contributed by atoms with Crippen molar-refractivity contribution in [2.45, 2.75) is 59.3 Å². The van der Waals surface area contributed by atoms with Crippen LogP contribution < -0.4 is 0 Å². The first-order valence-corrected chi connectivity index (χ1v) is 7.60. The highest BCUT2D eigenvalue weighted by Crippen LogP contribution is 2.50. The van der Waals surface area contributed by atoms with E-state index >= 15 is 0 Å². The van der Waals surface area contributed by atoms with Crippen LogP contribution in [0.4, 0.5) is 17.1 Å². The molecule has 1 aromatic carbocycles. The van der Waals surface area contributed by atoms with Crippen LogP contribution >= 0.6 is 0 Å². The van der Waals surface area contributed by atoms with Crippen molar-refractivity contribution in [3.8, 4) is 0 Å². The van der Waals surface area contributed by atoms with Gasteiger partial charge in [-0.2, -0.15) is 0 Å². The van der Waals surface area contributed by atoms with E-state index in [0.29, 0.717) is 5.56 Å². The molecule has 0 fully saturated rings. The van der Waals surface area contributed by atoms with Gasteiger partial charge in [0.1, 0.15) is 0 Å². The number of rotatable bonds is 6. The molecule has 0 saturated carbocycles. The van der Waals surface area contributed by atoms with Crippen molar-refractivity contribution in [1.82, 2.24) is 0 Å². The van der Waals surface area contributed by atoms with Gasteiger partial charge in [0.05, 0.1) is 14.8 Å². The van der Waals surface area contributed by atoms with Crippen LogP contribution in [0.25, 0.3) is 0 Å². The zero-order chi connectivity index (χ0) is 18.9. The second kappa shape index (κ2) is 6.90. The molecule has 132 valence electrons. The molecule has 0 heterocycles. The number of hydrogen-bond acceptors (Lipinski definition) is 6. The topological polar surface area (TPSA) is 129 Å². The maximum atomic E-state index is 11.6. The van der Waals surface area contributed by atoms with Crippen molar-refractivity contribution >= 4 is 17.1 Å². The summed E-state index contributed by atoms with van der Waals surface area (Å²) in [6.45, 7) is 10.3. The van der Waals surface area contributed by atoms with E-state index in [1.54, 1.807) is 41.5 Å². The van der Waals surface area contributed by atoms with Gasteiger partial charge in [-0.3, -0.25) is 30.3 Å². The first-order chi connectivity index (χ1) is 10.9. The summed E-state index contributed by atoms with van der Waals surface area (Å²) in [5.74, 6) is -1.03. The number of hydrogen-bond donors (Lipinski definition) is 0. The fourth-order valence-electron chi connectivity index (χ4n) is 3.10. The summed E-state index contributed by atoms with van der Waals surface area (Å²) < 4.78 is 0. The van der Waals surface area contributed by atoms with Crippen LogP contribution in [0.1, 0.15) is 76.0 Å². The zero-order valence-electron chi connectivity index (χ0n) is 14.5. The molecule has 24 heavy (non-hydrogen) atoms. The Bertz CT molecular complexity index is 663. The van der Waals surface area contributed by atoms with Crippen molar-refractivity contribution in [2.75, 3.05) is 0 Å². The molecule has 0 aliphatic heterocycles. The molecule has 0 aliphatic rings. The third-order valence-corrected chi connectivity index (χ3v) is 3.82. The highest BCUT2D eigenvalue weighted by Gasteiger charge is 2.45. The van der Waals surface area contributed by atoms with Crippen LogP contribution in [0.5, 0.6) is 0 Å². The van der Waals surface area contributed by atoms with E-state index in [-0.39, 0.29) is 28.9 Å². The van der Waals surface area contributed by atoms with E-state index in [1.165, 1.54) is 0 Å². The van der Waals surface area contributed by atoms with E-state index in [9.17, 15) is 30.3 Å². The lowest BCUT2D eigenvalue weighted by Gasteiger charge is -2.22. The summed E-state index contributed by atoms with van der Waals surface area (Å²) in [5.41, 5.74) is -1.69.